The highest BCUT2D eigenvalue weighted by atomic mass is 35.5. The third-order valence-corrected chi connectivity index (χ3v) is 6.51. The number of carbonyl (C=O) groups is 4. The van der Waals surface area contributed by atoms with Crippen LogP contribution in [0.25, 0.3) is 0 Å². The van der Waals surface area contributed by atoms with Gasteiger partial charge in [0.1, 0.15) is 11.8 Å². The molecule has 2 N–H and O–H groups in total. The maximum atomic E-state index is 13.6. The fourth-order valence-electron chi connectivity index (χ4n) is 3.99. The highest BCUT2D eigenvalue weighted by Crippen LogP contribution is 2.27. The Morgan fingerprint density at radius 2 is 1.73 bits per heavy atom. The minimum Gasteiger partial charge on any atom is -0.497 e. The van der Waals surface area contributed by atoms with Gasteiger partial charge >= 0.3 is 5.97 Å². The fourth-order valence-corrected chi connectivity index (χ4v) is 4.55. The van der Waals surface area contributed by atoms with Crippen molar-refractivity contribution >= 4 is 64.0 Å². The standard InChI is InChI=1S/C28H25ClN4O6S/c1-3-39-27(37)17-10-12-21(13-11-17)32-26(36)23(16-24(34)30-20-8-5-7-19(29)15-20)33(28(32)40)31-25(35)18-6-4-9-22(14-18)38-2/h4-15,23H,3,16H2,1-2H3,(H,30,34)(H,31,35). The molecule has 3 amide bonds. The van der Waals surface area contributed by atoms with Crippen molar-refractivity contribution in [3.63, 3.8) is 0 Å². The smallest absolute Gasteiger partial charge is 0.338 e. The van der Waals surface area contributed by atoms with Crippen molar-refractivity contribution < 1.29 is 28.7 Å². The molecule has 1 fully saturated rings. The first-order valence-electron chi connectivity index (χ1n) is 12.2. The summed E-state index contributed by atoms with van der Waals surface area (Å²) in [5, 5.41) is 4.28. The molecule has 0 saturated carbocycles. The number of nitrogens with one attached hydrogen (secondary N) is 2. The van der Waals surface area contributed by atoms with Crippen LogP contribution in [-0.4, -0.2) is 53.6 Å². The maximum Gasteiger partial charge on any atom is 0.338 e. The molecule has 1 heterocycles. The summed E-state index contributed by atoms with van der Waals surface area (Å²) in [5.41, 5.74) is 4.01. The number of ether oxygens (including phenoxy) is 2. The number of hydrazine groups is 1. The molecule has 3 aromatic carbocycles. The van der Waals surface area contributed by atoms with Crippen molar-refractivity contribution in [1.82, 2.24) is 10.4 Å². The molecule has 1 aliphatic heterocycles. The number of carbonyl (C=O) groups excluding carboxylic acids is 4. The fraction of sp³-hybridized carbons (Fsp3) is 0.179. The molecule has 1 unspecified atom stereocenters. The Bertz CT molecular complexity index is 1470. The van der Waals surface area contributed by atoms with Crippen molar-refractivity contribution in [3.05, 3.63) is 88.9 Å². The first kappa shape index (κ1) is 28.5. The van der Waals surface area contributed by atoms with Gasteiger partial charge < -0.3 is 14.8 Å². The largest absolute Gasteiger partial charge is 0.497 e. The summed E-state index contributed by atoms with van der Waals surface area (Å²) < 4.78 is 10.2. The van der Waals surface area contributed by atoms with Crippen molar-refractivity contribution in [2.45, 2.75) is 19.4 Å². The number of esters is 1. The van der Waals surface area contributed by atoms with Gasteiger partial charge in [0, 0.05) is 16.3 Å². The number of nitrogens with zero attached hydrogens (tertiary/aromatic N) is 2. The number of thiocarbonyl (C=S) groups is 1. The number of benzene rings is 3. The van der Waals surface area contributed by atoms with Crippen LogP contribution in [-0.2, 0) is 14.3 Å². The number of amides is 3. The average molecular weight is 581 g/mol. The SMILES string of the molecule is CCOC(=O)c1ccc(N2C(=O)C(CC(=O)Nc3cccc(Cl)c3)N(NC(=O)c3cccc(OC)c3)C2=S)cc1. The van der Waals surface area contributed by atoms with Crippen molar-refractivity contribution in [3.8, 4) is 5.75 Å². The summed E-state index contributed by atoms with van der Waals surface area (Å²) in [6, 6.07) is 17.9. The van der Waals surface area contributed by atoms with E-state index < -0.39 is 29.7 Å². The number of anilines is 2. The topological polar surface area (TPSA) is 117 Å². The first-order chi connectivity index (χ1) is 19.2. The Balaban J connectivity index is 1.61. The number of rotatable bonds is 9. The summed E-state index contributed by atoms with van der Waals surface area (Å²) in [4.78, 5) is 53.0. The van der Waals surface area contributed by atoms with Crippen LogP contribution in [0.1, 0.15) is 34.1 Å². The van der Waals surface area contributed by atoms with Gasteiger partial charge in [0.05, 0.1) is 31.4 Å². The van der Waals surface area contributed by atoms with E-state index in [0.717, 1.165) is 0 Å². The van der Waals surface area contributed by atoms with Gasteiger partial charge in [-0.25, -0.2) is 9.80 Å². The second-order valence-corrected chi connectivity index (χ2v) is 9.35. The summed E-state index contributed by atoms with van der Waals surface area (Å²) >= 11 is 11.6. The van der Waals surface area contributed by atoms with Crippen molar-refractivity contribution in [1.29, 1.82) is 0 Å². The van der Waals surface area contributed by atoms with Gasteiger partial charge in [-0.3, -0.25) is 24.7 Å². The third-order valence-electron chi connectivity index (χ3n) is 5.89. The van der Waals surface area contributed by atoms with Gasteiger partial charge in [0.2, 0.25) is 11.0 Å². The third kappa shape index (κ3) is 6.38. The lowest BCUT2D eigenvalue weighted by Gasteiger charge is -2.24. The minimum absolute atomic E-state index is 0.0503. The van der Waals surface area contributed by atoms with Crippen LogP contribution in [0.3, 0.4) is 0 Å². The molecular weight excluding hydrogens is 556 g/mol. The Labute approximate surface area is 240 Å². The normalized spacial score (nSPS) is 14.6. The molecule has 206 valence electrons. The molecule has 1 saturated heterocycles. The molecular formula is C28H25ClN4O6S. The van der Waals surface area contributed by atoms with Gasteiger partial charge in [-0.2, -0.15) is 0 Å². The van der Waals surface area contributed by atoms with E-state index in [9.17, 15) is 19.2 Å². The molecule has 0 radical (unpaired) electrons. The van der Waals surface area contributed by atoms with Gasteiger partial charge in [-0.15, -0.1) is 0 Å². The van der Waals surface area contributed by atoms with Crippen LogP contribution < -0.4 is 20.4 Å². The summed E-state index contributed by atoms with van der Waals surface area (Å²) in [5.74, 6) is -1.64. The van der Waals surface area contributed by atoms with Crippen LogP contribution in [0.4, 0.5) is 11.4 Å². The molecule has 4 rings (SSSR count). The zero-order chi connectivity index (χ0) is 28.8. The van der Waals surface area contributed by atoms with E-state index in [1.54, 1.807) is 49.4 Å². The highest BCUT2D eigenvalue weighted by Gasteiger charge is 2.45. The van der Waals surface area contributed by atoms with E-state index in [1.165, 1.54) is 47.4 Å². The lowest BCUT2D eigenvalue weighted by Crippen LogP contribution is -2.49. The summed E-state index contributed by atoms with van der Waals surface area (Å²) in [6.45, 7) is 1.92. The number of hydrogen-bond donors (Lipinski definition) is 2. The van der Waals surface area contributed by atoms with Crippen molar-refractivity contribution in [2.75, 3.05) is 23.9 Å². The Hall–Kier alpha value is -4.48. The summed E-state index contributed by atoms with van der Waals surface area (Å²) in [7, 11) is 1.48. The molecule has 0 aromatic heterocycles. The monoisotopic (exact) mass is 580 g/mol. The second kappa shape index (κ2) is 12.6. The first-order valence-corrected chi connectivity index (χ1v) is 12.9. The van der Waals surface area contributed by atoms with Crippen LogP contribution in [0.15, 0.2) is 72.8 Å². The van der Waals surface area contributed by atoms with E-state index >= 15 is 0 Å². The van der Waals surface area contributed by atoms with E-state index in [-0.39, 0.29) is 23.7 Å². The predicted octanol–water partition coefficient (Wildman–Crippen LogP) is 4.20. The molecule has 10 nitrogen and oxygen atoms in total. The molecule has 0 aliphatic carbocycles. The second-order valence-electron chi connectivity index (χ2n) is 8.54. The molecule has 1 atom stereocenters. The zero-order valence-electron chi connectivity index (χ0n) is 21.5. The van der Waals surface area contributed by atoms with Gasteiger partial charge in [0.25, 0.3) is 11.8 Å². The number of methoxy groups -OCH3 is 1. The summed E-state index contributed by atoms with van der Waals surface area (Å²) in [6.07, 6.45) is -0.332. The van der Waals surface area contributed by atoms with Gasteiger partial charge in [-0.1, -0.05) is 23.7 Å². The van der Waals surface area contributed by atoms with E-state index in [2.05, 4.69) is 10.7 Å². The van der Waals surface area contributed by atoms with Gasteiger partial charge in [-0.05, 0) is 79.8 Å². The zero-order valence-corrected chi connectivity index (χ0v) is 23.1. The highest BCUT2D eigenvalue weighted by molar-refractivity contribution is 7.80. The van der Waals surface area contributed by atoms with Crippen LogP contribution in [0.2, 0.25) is 5.02 Å². The average Bonchev–Trinajstić information content (AvgIpc) is 3.17. The molecule has 0 bridgehead atoms. The lowest BCUT2D eigenvalue weighted by atomic mass is 10.1. The molecule has 12 heteroatoms. The van der Waals surface area contributed by atoms with Crippen LogP contribution in [0, 0.1) is 0 Å². The molecule has 3 aromatic rings. The number of hydrogen-bond acceptors (Lipinski definition) is 7. The van der Waals surface area contributed by atoms with Crippen molar-refractivity contribution in [2.24, 2.45) is 0 Å². The molecule has 1 aliphatic rings. The van der Waals surface area contributed by atoms with Gasteiger partial charge in [0.15, 0.2) is 0 Å². The van der Waals surface area contributed by atoms with E-state index in [4.69, 9.17) is 33.3 Å². The molecule has 40 heavy (non-hydrogen) atoms. The molecule has 0 spiro atoms. The maximum absolute atomic E-state index is 13.6. The minimum atomic E-state index is -1.16. The Morgan fingerprint density at radius 3 is 2.40 bits per heavy atom. The van der Waals surface area contributed by atoms with E-state index in [0.29, 0.717) is 27.7 Å². The van der Waals surface area contributed by atoms with E-state index in [1.807, 2.05) is 0 Å². The lowest BCUT2D eigenvalue weighted by molar-refractivity contribution is -0.124. The Morgan fingerprint density at radius 1 is 1.00 bits per heavy atom. The Kier molecular flexibility index (Phi) is 8.97. The number of halogens is 1. The quantitative estimate of drug-likeness (QED) is 0.286. The van der Waals surface area contributed by atoms with Crippen LogP contribution >= 0.6 is 23.8 Å². The predicted molar refractivity (Wildman–Crippen MR) is 153 cm³/mol. The van der Waals surface area contributed by atoms with Crippen LogP contribution in [0.5, 0.6) is 5.75 Å².